The summed E-state index contributed by atoms with van der Waals surface area (Å²) in [6, 6.07) is 13.9. The zero-order valence-electron chi connectivity index (χ0n) is 17.9. The van der Waals surface area contributed by atoms with Crippen molar-refractivity contribution in [3.63, 3.8) is 0 Å². The second-order valence-corrected chi connectivity index (χ2v) is 9.73. The van der Waals surface area contributed by atoms with Gasteiger partial charge in [-0.05, 0) is 36.8 Å². The number of rotatable bonds is 8. The van der Waals surface area contributed by atoms with Gasteiger partial charge in [-0.1, -0.05) is 31.5 Å². The third kappa shape index (κ3) is 4.42. The van der Waals surface area contributed by atoms with Crippen LogP contribution < -0.4 is 0 Å². The third-order valence-electron chi connectivity index (χ3n) is 5.16. The minimum absolute atomic E-state index is 0.161. The van der Waals surface area contributed by atoms with E-state index in [2.05, 4.69) is 6.92 Å². The van der Waals surface area contributed by atoms with Gasteiger partial charge in [0.25, 0.3) is 5.91 Å². The van der Waals surface area contributed by atoms with Gasteiger partial charge >= 0.3 is 0 Å². The zero-order valence-corrected chi connectivity index (χ0v) is 18.7. The van der Waals surface area contributed by atoms with E-state index >= 15 is 0 Å². The molecular weight excluding hydrogens is 400 g/mol. The van der Waals surface area contributed by atoms with Crippen molar-refractivity contribution in [2.75, 3.05) is 21.1 Å². The summed E-state index contributed by atoms with van der Waals surface area (Å²) in [6.07, 6.45) is 2.92. The number of fused-ring (bicyclic) bond motifs is 1. The lowest BCUT2D eigenvalue weighted by molar-refractivity contribution is 0.0785. The number of carbonyl (C=O) groups is 1. The molecule has 3 aromatic rings. The fourth-order valence-electron chi connectivity index (χ4n) is 3.37. The van der Waals surface area contributed by atoms with Gasteiger partial charge in [-0.25, -0.2) is 12.7 Å². The van der Waals surface area contributed by atoms with E-state index in [0.717, 1.165) is 45.9 Å². The fourth-order valence-corrected chi connectivity index (χ4v) is 4.27. The lowest BCUT2D eigenvalue weighted by Crippen LogP contribution is -2.27. The van der Waals surface area contributed by atoms with Crippen LogP contribution in [-0.4, -0.2) is 44.7 Å². The van der Waals surface area contributed by atoms with Gasteiger partial charge in [-0.15, -0.1) is 0 Å². The molecular formula is C23H28N2O4S. The van der Waals surface area contributed by atoms with E-state index in [0.29, 0.717) is 12.1 Å². The summed E-state index contributed by atoms with van der Waals surface area (Å²) in [5, 5.41) is 1.02. The highest BCUT2D eigenvalue weighted by molar-refractivity contribution is 7.89. The molecule has 2 aromatic carbocycles. The quantitative estimate of drug-likeness (QED) is 0.536. The summed E-state index contributed by atoms with van der Waals surface area (Å²) in [5.74, 6) is 0.751. The molecule has 0 radical (unpaired) electrons. The highest BCUT2D eigenvalue weighted by atomic mass is 32.2. The molecule has 0 aliphatic rings. The second kappa shape index (κ2) is 9.02. The molecule has 0 aliphatic carbocycles. The molecule has 1 aromatic heterocycles. The Balaban J connectivity index is 1.84. The first kappa shape index (κ1) is 22.1. The molecule has 0 saturated heterocycles. The molecule has 0 spiro atoms. The summed E-state index contributed by atoms with van der Waals surface area (Å²) in [4.78, 5) is 14.8. The Labute approximate surface area is 178 Å². The van der Waals surface area contributed by atoms with E-state index in [1.165, 1.54) is 26.2 Å². The monoisotopic (exact) mass is 428 g/mol. The van der Waals surface area contributed by atoms with Gasteiger partial charge in [0, 0.05) is 50.6 Å². The number of unbranched alkanes of at least 4 members (excludes halogenated alkanes) is 1. The SMILES string of the molecule is CCCCc1oc2ccccc2c1CN(C)C(=O)c1ccc(S(=O)(=O)N(C)C)cc1. The number of para-hydroxylation sites is 1. The van der Waals surface area contributed by atoms with Crippen molar-refractivity contribution in [3.05, 3.63) is 65.4 Å². The summed E-state index contributed by atoms with van der Waals surface area (Å²) in [6.45, 7) is 2.56. The minimum atomic E-state index is -3.52. The first-order chi connectivity index (χ1) is 14.3. The topological polar surface area (TPSA) is 70.8 Å². The Morgan fingerprint density at radius 3 is 2.30 bits per heavy atom. The van der Waals surface area contributed by atoms with Crippen molar-refractivity contribution >= 4 is 26.9 Å². The number of aryl methyl sites for hydroxylation is 1. The van der Waals surface area contributed by atoms with E-state index < -0.39 is 10.0 Å². The van der Waals surface area contributed by atoms with E-state index in [-0.39, 0.29) is 10.8 Å². The Morgan fingerprint density at radius 2 is 1.67 bits per heavy atom. The lowest BCUT2D eigenvalue weighted by Gasteiger charge is -2.18. The molecule has 3 rings (SSSR count). The predicted molar refractivity (Wildman–Crippen MR) is 118 cm³/mol. The first-order valence-electron chi connectivity index (χ1n) is 10.0. The molecule has 0 unspecified atom stereocenters. The fraction of sp³-hybridized carbons (Fsp3) is 0.348. The molecule has 7 heteroatoms. The number of benzene rings is 2. The number of amides is 1. The Bertz CT molecular complexity index is 1130. The number of hydrogen-bond donors (Lipinski definition) is 0. The van der Waals surface area contributed by atoms with Gasteiger partial charge in [0.2, 0.25) is 10.0 Å². The van der Waals surface area contributed by atoms with Crippen LogP contribution in [-0.2, 0) is 23.0 Å². The Kier molecular flexibility index (Phi) is 6.63. The molecule has 30 heavy (non-hydrogen) atoms. The third-order valence-corrected chi connectivity index (χ3v) is 6.99. The lowest BCUT2D eigenvalue weighted by atomic mass is 10.1. The average Bonchev–Trinajstić information content (AvgIpc) is 3.09. The first-order valence-corrected chi connectivity index (χ1v) is 11.5. The smallest absolute Gasteiger partial charge is 0.253 e. The maximum Gasteiger partial charge on any atom is 0.253 e. The van der Waals surface area contributed by atoms with Crippen LogP contribution in [0.2, 0.25) is 0 Å². The predicted octanol–water partition coefficient (Wildman–Crippen LogP) is 4.30. The Hall–Kier alpha value is -2.64. The number of nitrogens with zero attached hydrogens (tertiary/aromatic N) is 2. The molecule has 0 bridgehead atoms. The van der Waals surface area contributed by atoms with Gasteiger partial charge in [0.05, 0.1) is 4.90 Å². The van der Waals surface area contributed by atoms with Crippen molar-refractivity contribution in [1.29, 1.82) is 0 Å². The molecule has 160 valence electrons. The van der Waals surface area contributed by atoms with Crippen LogP contribution in [0.1, 0.15) is 41.4 Å². The molecule has 1 heterocycles. The molecule has 1 amide bonds. The average molecular weight is 429 g/mol. The summed E-state index contributed by atoms with van der Waals surface area (Å²) >= 11 is 0. The summed E-state index contributed by atoms with van der Waals surface area (Å²) < 4.78 is 31.7. The number of hydrogen-bond acceptors (Lipinski definition) is 4. The van der Waals surface area contributed by atoms with Crippen LogP contribution in [0.5, 0.6) is 0 Å². The van der Waals surface area contributed by atoms with Crippen molar-refractivity contribution in [2.45, 2.75) is 37.6 Å². The number of sulfonamides is 1. The maximum absolute atomic E-state index is 13.0. The van der Waals surface area contributed by atoms with Gasteiger partial charge in [0.1, 0.15) is 11.3 Å². The molecule has 0 saturated carbocycles. The summed E-state index contributed by atoms with van der Waals surface area (Å²) in [5.41, 5.74) is 2.30. The van der Waals surface area contributed by atoms with Crippen molar-refractivity contribution < 1.29 is 17.6 Å². The van der Waals surface area contributed by atoms with Crippen LogP contribution in [0.25, 0.3) is 11.0 Å². The van der Waals surface area contributed by atoms with E-state index in [1.807, 2.05) is 24.3 Å². The summed E-state index contributed by atoms with van der Waals surface area (Å²) in [7, 11) is 1.18. The van der Waals surface area contributed by atoms with Crippen LogP contribution >= 0.6 is 0 Å². The molecule has 6 nitrogen and oxygen atoms in total. The molecule has 0 atom stereocenters. The zero-order chi connectivity index (χ0) is 21.9. The maximum atomic E-state index is 13.0. The van der Waals surface area contributed by atoms with Gasteiger partial charge in [-0.3, -0.25) is 4.79 Å². The van der Waals surface area contributed by atoms with Crippen LogP contribution in [0.3, 0.4) is 0 Å². The highest BCUT2D eigenvalue weighted by Gasteiger charge is 2.21. The molecule has 0 aliphatic heterocycles. The highest BCUT2D eigenvalue weighted by Crippen LogP contribution is 2.28. The van der Waals surface area contributed by atoms with Crippen molar-refractivity contribution in [2.24, 2.45) is 0 Å². The Morgan fingerprint density at radius 1 is 1.00 bits per heavy atom. The van der Waals surface area contributed by atoms with E-state index in [1.54, 1.807) is 24.1 Å². The standard InChI is InChI=1S/C23H28N2O4S/c1-5-6-10-22-20(19-9-7-8-11-21(19)29-22)16-25(4)23(26)17-12-14-18(15-13-17)30(27,28)24(2)3/h7-9,11-15H,5-6,10,16H2,1-4H3. The van der Waals surface area contributed by atoms with Crippen LogP contribution in [0, 0.1) is 0 Å². The van der Waals surface area contributed by atoms with Crippen molar-refractivity contribution in [1.82, 2.24) is 9.21 Å². The van der Waals surface area contributed by atoms with Gasteiger partial charge < -0.3 is 9.32 Å². The largest absolute Gasteiger partial charge is 0.461 e. The van der Waals surface area contributed by atoms with E-state index in [9.17, 15) is 13.2 Å². The number of carbonyl (C=O) groups excluding carboxylic acids is 1. The minimum Gasteiger partial charge on any atom is -0.461 e. The van der Waals surface area contributed by atoms with E-state index in [4.69, 9.17) is 4.42 Å². The van der Waals surface area contributed by atoms with Gasteiger partial charge in [-0.2, -0.15) is 0 Å². The van der Waals surface area contributed by atoms with Gasteiger partial charge in [0.15, 0.2) is 0 Å². The van der Waals surface area contributed by atoms with Crippen molar-refractivity contribution in [3.8, 4) is 0 Å². The second-order valence-electron chi connectivity index (χ2n) is 7.58. The van der Waals surface area contributed by atoms with Crippen LogP contribution in [0.15, 0.2) is 57.8 Å². The normalized spacial score (nSPS) is 11.9. The molecule has 0 fully saturated rings. The number of furan rings is 1. The molecule has 0 N–H and O–H groups in total. The van der Waals surface area contributed by atoms with Crippen LogP contribution in [0.4, 0.5) is 0 Å².